The van der Waals surface area contributed by atoms with Crippen LogP contribution in [0.25, 0.3) is 0 Å². The Morgan fingerprint density at radius 3 is 1.81 bits per heavy atom. The molecule has 3 aliphatic heterocycles. The van der Waals surface area contributed by atoms with Gasteiger partial charge in [0.25, 0.3) is 0 Å². The van der Waals surface area contributed by atoms with Gasteiger partial charge in [0, 0.05) is 30.4 Å². The number of nitrogens with one attached hydrogen (secondary N) is 3. The summed E-state index contributed by atoms with van der Waals surface area (Å²) in [6.07, 6.45) is 7.99. The summed E-state index contributed by atoms with van der Waals surface area (Å²) in [5, 5.41) is 0. The van der Waals surface area contributed by atoms with Crippen molar-refractivity contribution in [3.63, 3.8) is 0 Å². The molecule has 0 amide bonds. The predicted octanol–water partition coefficient (Wildman–Crippen LogP) is 2.50. The van der Waals surface area contributed by atoms with Crippen molar-refractivity contribution in [1.29, 1.82) is 0 Å². The van der Waals surface area contributed by atoms with E-state index in [1.165, 1.54) is 69.4 Å². The molecular formula is C28H47N3. The highest BCUT2D eigenvalue weighted by atomic mass is 15.1. The second-order valence-electron chi connectivity index (χ2n) is 7.92. The monoisotopic (exact) mass is 425 g/mol. The zero-order chi connectivity index (χ0) is 19.8. The summed E-state index contributed by atoms with van der Waals surface area (Å²) in [6.45, 7) is 5.74. The summed E-state index contributed by atoms with van der Waals surface area (Å²) in [5.41, 5.74) is 5.83. The first kappa shape index (κ1) is 29.1. The molecule has 0 radical (unpaired) electrons. The van der Waals surface area contributed by atoms with Crippen molar-refractivity contribution < 1.29 is 14.7 Å². The molecule has 3 atom stereocenters. The van der Waals surface area contributed by atoms with Crippen molar-refractivity contribution >= 4 is 5.69 Å². The molecule has 5 rings (SSSR count). The van der Waals surface area contributed by atoms with Crippen molar-refractivity contribution in [2.24, 2.45) is 0 Å². The van der Waals surface area contributed by atoms with Crippen LogP contribution in [0.15, 0.2) is 60.7 Å². The maximum atomic E-state index is 4.01. The molecular weight excluding hydrogens is 378 g/mol. The molecule has 2 aromatic rings. The summed E-state index contributed by atoms with van der Waals surface area (Å²) >= 11 is 0. The Hall–Kier alpha value is -1.94. The van der Waals surface area contributed by atoms with E-state index in [0.717, 1.165) is 19.6 Å². The number of hydrogen-bond acceptors (Lipinski definition) is 0. The molecule has 31 heavy (non-hydrogen) atoms. The van der Waals surface area contributed by atoms with Crippen LogP contribution in [-0.4, -0.2) is 26.2 Å². The normalized spacial score (nSPS) is 22.4. The van der Waals surface area contributed by atoms with Crippen LogP contribution in [0.1, 0.15) is 45.4 Å². The minimum absolute atomic E-state index is 0. The topological polar surface area (TPSA) is 13.3 Å². The smallest absolute Gasteiger partial charge is 0.108 e. The van der Waals surface area contributed by atoms with Crippen molar-refractivity contribution in [1.82, 2.24) is 0 Å². The van der Waals surface area contributed by atoms with Crippen LogP contribution >= 0.6 is 0 Å². The fourth-order valence-electron chi connectivity index (χ4n) is 3.90. The lowest BCUT2D eigenvalue weighted by atomic mass is 10.0. The van der Waals surface area contributed by atoms with E-state index >= 15 is 0 Å². The average molecular weight is 426 g/mol. The van der Waals surface area contributed by atoms with Crippen LogP contribution in [-0.2, 0) is 19.4 Å². The second kappa shape index (κ2) is 15.0. The molecule has 3 aliphatic rings. The molecule has 0 spiro atoms. The molecule has 3 unspecified atom stereocenters. The van der Waals surface area contributed by atoms with Gasteiger partial charge in [-0.15, -0.1) is 7.05 Å². The highest BCUT2D eigenvalue weighted by molar-refractivity contribution is 5.41. The molecule has 0 saturated carbocycles. The van der Waals surface area contributed by atoms with Gasteiger partial charge in [-0.25, -0.2) is 0 Å². The van der Waals surface area contributed by atoms with E-state index in [0.29, 0.717) is 0 Å². The number of para-hydroxylation sites is 1. The van der Waals surface area contributed by atoms with Gasteiger partial charge in [0.15, 0.2) is 0 Å². The molecule has 0 bridgehead atoms. The Morgan fingerprint density at radius 2 is 1.23 bits per heavy atom. The minimum Gasteiger partial charge on any atom is -0.464 e. The van der Waals surface area contributed by atoms with Gasteiger partial charge in [0.1, 0.15) is 5.69 Å². The summed E-state index contributed by atoms with van der Waals surface area (Å²) < 4.78 is 0. The molecule has 0 saturated heterocycles. The third-order valence-corrected chi connectivity index (χ3v) is 5.64. The largest absolute Gasteiger partial charge is 0.464 e. The van der Waals surface area contributed by atoms with Crippen molar-refractivity contribution in [2.45, 2.75) is 48.1 Å². The number of benzene rings is 2. The van der Waals surface area contributed by atoms with E-state index in [-0.39, 0.29) is 22.3 Å². The summed E-state index contributed by atoms with van der Waals surface area (Å²) in [5.74, 6) is 0. The highest BCUT2D eigenvalue weighted by Crippen LogP contribution is 2.14. The fraction of sp³-hybridized carbons (Fsp3) is 0.393. The predicted molar refractivity (Wildman–Crippen MR) is 136 cm³/mol. The van der Waals surface area contributed by atoms with Crippen LogP contribution < -0.4 is 14.7 Å². The molecule has 0 aliphatic carbocycles. The molecule has 3 heteroatoms. The lowest BCUT2D eigenvalue weighted by Crippen LogP contribution is -3.07. The third kappa shape index (κ3) is 8.98. The van der Waals surface area contributed by atoms with Gasteiger partial charge in [-0.1, -0.05) is 70.8 Å². The van der Waals surface area contributed by atoms with Crippen molar-refractivity contribution in [3.8, 4) is 0 Å². The van der Waals surface area contributed by atoms with Crippen molar-refractivity contribution in [3.05, 3.63) is 98.5 Å². The molecule has 0 fully saturated rings. The Kier molecular flexibility index (Phi) is 14.0. The molecule has 3 heterocycles. The van der Waals surface area contributed by atoms with E-state index in [1.807, 2.05) is 0 Å². The van der Waals surface area contributed by atoms with Gasteiger partial charge >= 0.3 is 0 Å². The van der Waals surface area contributed by atoms with E-state index in [9.17, 15) is 0 Å². The van der Waals surface area contributed by atoms with E-state index < -0.39 is 0 Å². The van der Waals surface area contributed by atoms with Gasteiger partial charge in [0.05, 0.1) is 32.7 Å². The number of rotatable bonds is 0. The van der Waals surface area contributed by atoms with Gasteiger partial charge in [-0.3, -0.25) is 0 Å². The minimum atomic E-state index is 0. The third-order valence-electron chi connectivity index (χ3n) is 5.64. The molecule has 3 N–H and O–H groups in total. The lowest BCUT2D eigenvalue weighted by Gasteiger charge is -2.27. The summed E-state index contributed by atoms with van der Waals surface area (Å²) in [6, 6.07) is 17.2. The maximum Gasteiger partial charge on any atom is 0.108 e. The zero-order valence-corrected chi connectivity index (χ0v) is 17.1. The van der Waals surface area contributed by atoms with E-state index in [4.69, 9.17) is 0 Å². The maximum absolute atomic E-state index is 4.01. The van der Waals surface area contributed by atoms with E-state index in [1.54, 1.807) is 0 Å². The van der Waals surface area contributed by atoms with Crippen LogP contribution in [0.3, 0.4) is 0 Å². The number of hydrogen-bond donors (Lipinski definition) is 3. The first-order valence-electron chi connectivity index (χ1n) is 10.4. The fourth-order valence-corrected chi connectivity index (χ4v) is 3.90. The first-order chi connectivity index (χ1) is 13.6. The Balaban J connectivity index is 0.000000425. The van der Waals surface area contributed by atoms with Crippen molar-refractivity contribution in [2.75, 3.05) is 26.2 Å². The Morgan fingerprint density at radius 1 is 0.613 bits per heavy atom. The summed E-state index contributed by atoms with van der Waals surface area (Å²) in [4.78, 5) is 4.06. The van der Waals surface area contributed by atoms with Crippen LogP contribution in [0.5, 0.6) is 0 Å². The van der Waals surface area contributed by atoms with E-state index in [2.05, 4.69) is 81.8 Å². The van der Waals surface area contributed by atoms with Gasteiger partial charge in [0.2, 0.25) is 0 Å². The second-order valence-corrected chi connectivity index (χ2v) is 7.92. The van der Waals surface area contributed by atoms with Gasteiger partial charge in [-0.05, 0) is 17.7 Å². The zero-order valence-electron chi connectivity index (χ0n) is 17.1. The standard InChI is InChI=1S/C10H13N.C9H11N.C6H11N.3CH4/c1-11-7-6-9-4-2-3-5-10(9)8-11;1-10-7-6-8-4-2-3-5-9(8)10;1-7-5-3-2-4-6-7;;;/h2-5,11H,1,6-8H2;2-5,10H,1,6-7H2;2-3,7H,1,4-6H2;3*1H4. The lowest BCUT2D eigenvalue weighted by molar-refractivity contribution is -0.870. The quantitative estimate of drug-likeness (QED) is 0.424. The highest BCUT2D eigenvalue weighted by Gasteiger charge is 2.15. The van der Waals surface area contributed by atoms with Crippen LogP contribution in [0.2, 0.25) is 0 Å². The first-order valence-corrected chi connectivity index (χ1v) is 10.4. The van der Waals surface area contributed by atoms with Crippen LogP contribution in [0.4, 0.5) is 5.69 Å². The number of fused-ring (bicyclic) bond motifs is 2. The van der Waals surface area contributed by atoms with Gasteiger partial charge < -0.3 is 14.7 Å². The number of quaternary nitrogens is 3. The average Bonchev–Trinajstić information content (AvgIpc) is 3.11. The molecule has 0 aromatic heterocycles. The molecule has 174 valence electrons. The van der Waals surface area contributed by atoms with Crippen LogP contribution in [0, 0.1) is 21.1 Å². The molecule has 2 aromatic carbocycles. The van der Waals surface area contributed by atoms with Gasteiger partial charge in [-0.2, -0.15) is 14.1 Å². The summed E-state index contributed by atoms with van der Waals surface area (Å²) in [7, 11) is 11.9. The SMILES string of the molecule is C.C.C.[CH2-][NH+]1CC=CCC1.[CH2-][NH+]1CCc2ccccc21.[CH2-][NH+]1CCc2ccccc2C1. The Labute approximate surface area is 193 Å². The molecule has 3 nitrogen and oxygen atoms in total. The Bertz CT molecular complexity index is 768.